The van der Waals surface area contributed by atoms with Crippen LogP contribution >= 0.6 is 11.6 Å². The van der Waals surface area contributed by atoms with E-state index in [4.69, 9.17) is 21.9 Å². The second kappa shape index (κ2) is 6.91. The van der Waals surface area contributed by atoms with Crippen molar-refractivity contribution in [2.24, 2.45) is 5.73 Å². The van der Waals surface area contributed by atoms with Gasteiger partial charge >= 0.3 is 0 Å². The number of hydrogen-bond acceptors (Lipinski definition) is 5. The lowest BCUT2D eigenvalue weighted by Gasteiger charge is -2.18. The van der Waals surface area contributed by atoms with Crippen molar-refractivity contribution in [3.05, 3.63) is 46.6 Å². The van der Waals surface area contributed by atoms with Crippen LogP contribution in [0.2, 0.25) is 5.02 Å². The lowest BCUT2D eigenvalue weighted by atomic mass is 9.98. The average Bonchev–Trinajstić information content (AvgIpc) is 3.17. The third kappa shape index (κ3) is 3.76. The second-order valence-corrected chi connectivity index (χ2v) is 6.82. The van der Waals surface area contributed by atoms with E-state index in [-0.39, 0.29) is 11.9 Å². The monoisotopic (exact) mass is 348 g/mol. The third-order valence-corrected chi connectivity index (χ3v) is 4.69. The van der Waals surface area contributed by atoms with Gasteiger partial charge < -0.3 is 15.6 Å². The fourth-order valence-electron chi connectivity index (χ4n) is 3.14. The topological polar surface area (TPSA) is 94.0 Å². The van der Waals surface area contributed by atoms with Crippen molar-refractivity contribution >= 4 is 17.5 Å². The van der Waals surface area contributed by atoms with E-state index >= 15 is 0 Å². The molecule has 1 aromatic heterocycles. The molecule has 3 N–H and O–H groups in total. The van der Waals surface area contributed by atoms with Gasteiger partial charge in [-0.1, -0.05) is 41.7 Å². The summed E-state index contributed by atoms with van der Waals surface area (Å²) in [6.07, 6.45) is 4.32. The maximum Gasteiger partial charge on any atom is 0.229 e. The molecule has 1 unspecified atom stereocenters. The quantitative estimate of drug-likeness (QED) is 0.866. The minimum Gasteiger partial charge on any atom is -0.349 e. The zero-order valence-electron chi connectivity index (χ0n) is 13.6. The van der Waals surface area contributed by atoms with Gasteiger partial charge in [0.15, 0.2) is 5.82 Å². The van der Waals surface area contributed by atoms with E-state index in [1.807, 2.05) is 12.1 Å². The highest BCUT2D eigenvalue weighted by Gasteiger charge is 2.36. The molecular weight excluding hydrogens is 328 g/mol. The van der Waals surface area contributed by atoms with E-state index in [0.717, 1.165) is 31.2 Å². The molecule has 128 valence electrons. The fraction of sp³-hybridized carbons (Fsp3) is 0.471. The van der Waals surface area contributed by atoms with Crippen LogP contribution in [0.25, 0.3) is 0 Å². The molecule has 0 aliphatic heterocycles. The first kappa shape index (κ1) is 16.9. The van der Waals surface area contributed by atoms with Crippen LogP contribution in [0.15, 0.2) is 28.8 Å². The Morgan fingerprint density at radius 1 is 1.38 bits per heavy atom. The number of nitrogens with two attached hydrogens (primary N) is 1. The van der Waals surface area contributed by atoms with Crippen LogP contribution in [0.4, 0.5) is 0 Å². The number of nitrogens with zero attached hydrogens (tertiary/aromatic N) is 2. The molecule has 1 heterocycles. The van der Waals surface area contributed by atoms with Crippen LogP contribution in [0.3, 0.4) is 0 Å². The van der Waals surface area contributed by atoms with Crippen molar-refractivity contribution in [3.8, 4) is 0 Å². The minimum atomic E-state index is -0.481. The maximum atomic E-state index is 11.5. The maximum absolute atomic E-state index is 11.5. The Morgan fingerprint density at radius 3 is 2.67 bits per heavy atom. The number of nitrogens with one attached hydrogen (secondary N) is 1. The molecule has 0 spiro atoms. The summed E-state index contributed by atoms with van der Waals surface area (Å²) in [5, 5.41) is 7.62. The summed E-state index contributed by atoms with van der Waals surface area (Å²) in [5.41, 5.74) is 6.81. The molecule has 0 bridgehead atoms. The van der Waals surface area contributed by atoms with Gasteiger partial charge in [0.2, 0.25) is 11.8 Å². The number of amides is 1. The summed E-state index contributed by atoms with van der Waals surface area (Å²) < 4.78 is 5.38. The highest BCUT2D eigenvalue weighted by atomic mass is 35.5. The molecule has 2 aromatic rings. The van der Waals surface area contributed by atoms with E-state index in [0.29, 0.717) is 23.2 Å². The second-order valence-electron chi connectivity index (χ2n) is 6.38. The number of benzene rings is 1. The molecule has 0 saturated heterocycles. The minimum absolute atomic E-state index is 0.124. The number of aromatic nitrogens is 2. The SMILES string of the molecule is CC(=O)NC(Cc1nc(C2(N)CCCC2)no1)c1ccc(Cl)cc1. The summed E-state index contributed by atoms with van der Waals surface area (Å²) in [6.45, 7) is 1.48. The van der Waals surface area contributed by atoms with Crippen molar-refractivity contribution in [2.75, 3.05) is 0 Å². The number of carbonyl (C=O) groups excluding carboxylic acids is 1. The molecule has 1 aliphatic rings. The molecule has 1 aliphatic carbocycles. The highest BCUT2D eigenvalue weighted by Crippen LogP contribution is 2.34. The highest BCUT2D eigenvalue weighted by molar-refractivity contribution is 6.30. The van der Waals surface area contributed by atoms with Gasteiger partial charge in [0.25, 0.3) is 0 Å². The van der Waals surface area contributed by atoms with Crippen molar-refractivity contribution in [1.29, 1.82) is 0 Å². The molecule has 7 heteroatoms. The Labute approximate surface area is 145 Å². The predicted octanol–water partition coefficient (Wildman–Crippen LogP) is 2.87. The lowest BCUT2D eigenvalue weighted by Crippen LogP contribution is -2.34. The average molecular weight is 349 g/mol. The van der Waals surface area contributed by atoms with Gasteiger partial charge in [-0.15, -0.1) is 0 Å². The normalized spacial score (nSPS) is 17.6. The molecular formula is C17H21ClN4O2. The molecule has 1 fully saturated rings. The third-order valence-electron chi connectivity index (χ3n) is 4.44. The van der Waals surface area contributed by atoms with Crippen LogP contribution in [0.5, 0.6) is 0 Å². The number of carbonyl (C=O) groups is 1. The zero-order valence-corrected chi connectivity index (χ0v) is 14.3. The summed E-state index contributed by atoms with van der Waals surface area (Å²) in [4.78, 5) is 16.0. The van der Waals surface area contributed by atoms with Crippen molar-refractivity contribution < 1.29 is 9.32 Å². The lowest BCUT2D eigenvalue weighted by molar-refractivity contribution is -0.119. The van der Waals surface area contributed by atoms with Gasteiger partial charge in [0, 0.05) is 11.9 Å². The van der Waals surface area contributed by atoms with Crippen molar-refractivity contribution in [1.82, 2.24) is 15.5 Å². The van der Waals surface area contributed by atoms with E-state index in [1.165, 1.54) is 6.92 Å². The van der Waals surface area contributed by atoms with E-state index in [2.05, 4.69) is 15.5 Å². The van der Waals surface area contributed by atoms with Gasteiger partial charge in [-0.3, -0.25) is 4.79 Å². The predicted molar refractivity (Wildman–Crippen MR) is 90.3 cm³/mol. The van der Waals surface area contributed by atoms with Gasteiger partial charge in [0.1, 0.15) is 0 Å². The standard InChI is InChI=1S/C17H21ClN4O2/c1-11(23)20-14(12-4-6-13(18)7-5-12)10-15-21-16(22-24-15)17(19)8-2-3-9-17/h4-7,14H,2-3,8-10,19H2,1H3,(H,20,23). The Kier molecular flexibility index (Phi) is 4.87. The first-order chi connectivity index (χ1) is 11.5. The number of rotatable bonds is 5. The van der Waals surface area contributed by atoms with E-state index in [9.17, 15) is 4.79 Å². The van der Waals surface area contributed by atoms with Crippen LogP contribution < -0.4 is 11.1 Å². The van der Waals surface area contributed by atoms with Gasteiger partial charge in [-0.05, 0) is 30.5 Å². The first-order valence-corrected chi connectivity index (χ1v) is 8.48. The molecule has 1 aromatic carbocycles. The smallest absolute Gasteiger partial charge is 0.229 e. The van der Waals surface area contributed by atoms with Crippen LogP contribution in [0.1, 0.15) is 55.9 Å². The molecule has 1 atom stereocenters. The number of hydrogen-bond donors (Lipinski definition) is 2. The molecule has 3 rings (SSSR count). The summed E-state index contributed by atoms with van der Waals surface area (Å²) in [5.74, 6) is 0.906. The van der Waals surface area contributed by atoms with Gasteiger partial charge in [-0.25, -0.2) is 0 Å². The summed E-state index contributed by atoms with van der Waals surface area (Å²) in [6, 6.07) is 7.07. The molecule has 1 saturated carbocycles. The Bertz CT molecular complexity index is 708. The van der Waals surface area contributed by atoms with E-state index in [1.54, 1.807) is 12.1 Å². The van der Waals surface area contributed by atoms with Crippen LogP contribution in [0, 0.1) is 0 Å². The largest absolute Gasteiger partial charge is 0.349 e. The number of halogens is 1. The summed E-state index contributed by atoms with van der Waals surface area (Å²) in [7, 11) is 0. The Hall–Kier alpha value is -1.92. The van der Waals surface area contributed by atoms with Crippen molar-refractivity contribution in [3.63, 3.8) is 0 Å². The molecule has 1 amide bonds. The van der Waals surface area contributed by atoms with Gasteiger partial charge in [0.05, 0.1) is 18.0 Å². The zero-order chi connectivity index (χ0) is 17.2. The fourth-order valence-corrected chi connectivity index (χ4v) is 3.26. The summed E-state index contributed by atoms with van der Waals surface area (Å²) >= 11 is 5.93. The Morgan fingerprint density at radius 2 is 2.04 bits per heavy atom. The molecule has 6 nitrogen and oxygen atoms in total. The molecule has 24 heavy (non-hydrogen) atoms. The van der Waals surface area contributed by atoms with Crippen LogP contribution in [-0.4, -0.2) is 16.0 Å². The Balaban J connectivity index is 1.79. The molecule has 0 radical (unpaired) electrons. The van der Waals surface area contributed by atoms with Crippen LogP contribution in [-0.2, 0) is 16.8 Å². The first-order valence-electron chi connectivity index (χ1n) is 8.11. The van der Waals surface area contributed by atoms with Gasteiger partial charge in [-0.2, -0.15) is 4.98 Å². The van der Waals surface area contributed by atoms with E-state index < -0.39 is 5.54 Å². The van der Waals surface area contributed by atoms with Crippen molar-refractivity contribution in [2.45, 2.75) is 50.6 Å².